The average molecular weight is 300 g/mol. The first-order chi connectivity index (χ1) is 9.30. The quantitative estimate of drug-likeness (QED) is 0.663. The van der Waals surface area contributed by atoms with Gasteiger partial charge in [0, 0.05) is 6.42 Å². The van der Waals surface area contributed by atoms with Crippen LogP contribution >= 0.6 is 8.03 Å². The summed E-state index contributed by atoms with van der Waals surface area (Å²) in [7, 11) is -3.24. The summed E-state index contributed by atoms with van der Waals surface area (Å²) in [5, 5.41) is 16.5. The number of benzene rings is 1. The second-order valence-corrected chi connectivity index (χ2v) is 6.35. The smallest absolute Gasteiger partial charge is 0.307 e. The number of rotatable bonds is 7. The minimum Gasteiger partial charge on any atom is -0.481 e. The Morgan fingerprint density at radius 3 is 2.20 bits per heavy atom. The summed E-state index contributed by atoms with van der Waals surface area (Å²) in [6.45, 7) is 1.39. The Morgan fingerprint density at radius 1 is 1.25 bits per heavy atom. The van der Waals surface area contributed by atoms with Gasteiger partial charge in [0.15, 0.2) is 8.03 Å². The van der Waals surface area contributed by atoms with Crippen LogP contribution in [0.5, 0.6) is 0 Å². The third kappa shape index (κ3) is 3.46. The van der Waals surface area contributed by atoms with E-state index in [0.717, 1.165) is 0 Å². The predicted molar refractivity (Wildman–Crippen MR) is 73.0 cm³/mol. The highest BCUT2D eigenvalue weighted by Crippen LogP contribution is 2.51. The molecule has 3 N–H and O–H groups in total. The summed E-state index contributed by atoms with van der Waals surface area (Å²) in [5.41, 5.74) is 0.421. The van der Waals surface area contributed by atoms with Crippen molar-refractivity contribution in [1.29, 1.82) is 0 Å². The van der Waals surface area contributed by atoms with E-state index in [1.54, 1.807) is 30.3 Å². The molecular formula is C13H17O6P. The predicted octanol–water partition coefficient (Wildman–Crippen LogP) is 1.93. The van der Waals surface area contributed by atoms with Crippen molar-refractivity contribution >= 4 is 20.0 Å². The lowest BCUT2D eigenvalue weighted by atomic mass is 9.83. The van der Waals surface area contributed by atoms with Gasteiger partial charge in [0.2, 0.25) is 0 Å². The summed E-state index contributed by atoms with van der Waals surface area (Å²) >= 11 is 0. The summed E-state index contributed by atoms with van der Waals surface area (Å²) < 4.78 is 11.8. The van der Waals surface area contributed by atoms with Gasteiger partial charge in [-0.25, -0.2) is 0 Å². The van der Waals surface area contributed by atoms with Gasteiger partial charge in [-0.05, 0) is 18.9 Å². The van der Waals surface area contributed by atoms with Crippen LogP contribution in [0.25, 0.3) is 0 Å². The van der Waals surface area contributed by atoms with Gasteiger partial charge in [0.05, 0.1) is 11.1 Å². The maximum atomic E-state index is 11.8. The molecule has 0 amide bonds. The Labute approximate surface area is 116 Å². The zero-order valence-corrected chi connectivity index (χ0v) is 11.9. The van der Waals surface area contributed by atoms with Crippen LogP contribution in [-0.2, 0) is 19.3 Å². The summed E-state index contributed by atoms with van der Waals surface area (Å²) in [5.74, 6) is -3.65. The standard InChI is InChI=1S/C13H17O6P/c1-13(20(18)19,9-5-3-2-4-6-9)10(12(16)17)7-8-11(14)15/h2-6,10,20H,7-8H2,1H3,(H,14,15)(H,16,17)(H,18,19). The molecule has 3 atom stereocenters. The molecule has 110 valence electrons. The first-order valence-corrected chi connectivity index (χ1v) is 7.39. The minimum atomic E-state index is -3.24. The molecule has 0 aromatic heterocycles. The molecule has 0 saturated carbocycles. The van der Waals surface area contributed by atoms with E-state index in [1.807, 2.05) is 0 Å². The number of carboxylic acid groups (broad SMARTS) is 2. The molecule has 0 fully saturated rings. The van der Waals surface area contributed by atoms with E-state index in [-0.39, 0.29) is 12.8 Å². The first-order valence-electron chi connectivity index (χ1n) is 6.03. The molecule has 1 rings (SSSR count). The molecule has 0 bridgehead atoms. The topological polar surface area (TPSA) is 112 Å². The largest absolute Gasteiger partial charge is 0.481 e. The van der Waals surface area contributed by atoms with Crippen molar-refractivity contribution in [3.8, 4) is 0 Å². The maximum Gasteiger partial charge on any atom is 0.307 e. The molecule has 3 unspecified atom stereocenters. The van der Waals surface area contributed by atoms with Crippen LogP contribution in [0.3, 0.4) is 0 Å². The molecule has 0 spiro atoms. The van der Waals surface area contributed by atoms with E-state index in [1.165, 1.54) is 6.92 Å². The fraction of sp³-hybridized carbons (Fsp3) is 0.385. The van der Waals surface area contributed by atoms with E-state index in [4.69, 9.17) is 5.11 Å². The lowest BCUT2D eigenvalue weighted by Gasteiger charge is -2.33. The summed E-state index contributed by atoms with van der Waals surface area (Å²) in [6, 6.07) is 8.17. The van der Waals surface area contributed by atoms with Crippen molar-refractivity contribution in [1.82, 2.24) is 0 Å². The highest BCUT2D eigenvalue weighted by Gasteiger charge is 2.45. The Hall–Kier alpha value is -1.65. The molecule has 1 aromatic carbocycles. The van der Waals surface area contributed by atoms with Gasteiger partial charge in [-0.3, -0.25) is 14.2 Å². The van der Waals surface area contributed by atoms with Crippen LogP contribution in [-0.4, -0.2) is 27.0 Å². The summed E-state index contributed by atoms with van der Waals surface area (Å²) in [4.78, 5) is 31.7. The van der Waals surface area contributed by atoms with Crippen molar-refractivity contribution in [2.24, 2.45) is 5.92 Å². The molecule has 0 radical (unpaired) electrons. The van der Waals surface area contributed by atoms with Gasteiger partial charge in [-0.2, -0.15) is 0 Å². The van der Waals surface area contributed by atoms with E-state index in [0.29, 0.717) is 5.56 Å². The number of carbonyl (C=O) groups is 2. The molecule has 0 saturated heterocycles. The number of aliphatic carboxylic acids is 2. The van der Waals surface area contributed by atoms with Gasteiger partial charge in [-0.1, -0.05) is 30.3 Å². The van der Waals surface area contributed by atoms with Crippen LogP contribution < -0.4 is 0 Å². The van der Waals surface area contributed by atoms with Gasteiger partial charge < -0.3 is 15.1 Å². The third-order valence-corrected chi connectivity index (χ3v) is 4.99. The number of hydrogen-bond acceptors (Lipinski definition) is 3. The van der Waals surface area contributed by atoms with Gasteiger partial charge in [0.1, 0.15) is 0 Å². The van der Waals surface area contributed by atoms with Crippen LogP contribution in [0.15, 0.2) is 30.3 Å². The molecule has 6 nitrogen and oxygen atoms in total. The molecule has 1 aromatic rings. The molecular weight excluding hydrogens is 283 g/mol. The number of carboxylic acids is 2. The lowest BCUT2D eigenvalue weighted by Crippen LogP contribution is -2.35. The second kappa shape index (κ2) is 6.68. The molecule has 0 aliphatic heterocycles. The van der Waals surface area contributed by atoms with Gasteiger partial charge in [-0.15, -0.1) is 0 Å². The number of hydrogen-bond donors (Lipinski definition) is 3. The maximum absolute atomic E-state index is 11.8. The molecule has 0 heterocycles. The molecule has 0 aliphatic carbocycles. The van der Waals surface area contributed by atoms with Gasteiger partial charge in [0.25, 0.3) is 0 Å². The van der Waals surface area contributed by atoms with Crippen LogP contribution in [0, 0.1) is 5.92 Å². The van der Waals surface area contributed by atoms with Crippen molar-refractivity contribution in [3.05, 3.63) is 35.9 Å². The Kier molecular flexibility index (Phi) is 5.48. The average Bonchev–Trinajstić information content (AvgIpc) is 2.38. The Morgan fingerprint density at radius 2 is 1.80 bits per heavy atom. The normalized spacial score (nSPS) is 16.9. The van der Waals surface area contributed by atoms with Crippen molar-refractivity contribution < 1.29 is 29.3 Å². The molecule has 20 heavy (non-hydrogen) atoms. The fourth-order valence-corrected chi connectivity index (χ4v) is 3.16. The molecule has 7 heteroatoms. The summed E-state index contributed by atoms with van der Waals surface area (Å²) in [6.07, 6.45) is -0.568. The fourth-order valence-electron chi connectivity index (χ4n) is 2.18. The van der Waals surface area contributed by atoms with Crippen molar-refractivity contribution in [3.63, 3.8) is 0 Å². The zero-order valence-electron chi connectivity index (χ0n) is 10.9. The monoisotopic (exact) mass is 300 g/mol. The van der Waals surface area contributed by atoms with Gasteiger partial charge >= 0.3 is 11.9 Å². The van der Waals surface area contributed by atoms with Crippen LogP contribution in [0.4, 0.5) is 0 Å². The van der Waals surface area contributed by atoms with E-state index in [2.05, 4.69) is 0 Å². The van der Waals surface area contributed by atoms with E-state index < -0.39 is 31.0 Å². The third-order valence-electron chi connectivity index (χ3n) is 3.46. The highest BCUT2D eigenvalue weighted by atomic mass is 31.1. The SMILES string of the molecule is CC(c1ccccc1)(C(CCC(=O)O)C(=O)O)[PH](=O)O. The van der Waals surface area contributed by atoms with Crippen molar-refractivity contribution in [2.75, 3.05) is 0 Å². The second-order valence-electron chi connectivity index (χ2n) is 4.70. The lowest BCUT2D eigenvalue weighted by molar-refractivity contribution is -0.144. The van der Waals surface area contributed by atoms with E-state index >= 15 is 0 Å². The Balaban J connectivity index is 3.24. The molecule has 0 aliphatic rings. The van der Waals surface area contributed by atoms with Crippen LogP contribution in [0.1, 0.15) is 25.3 Å². The highest BCUT2D eigenvalue weighted by molar-refractivity contribution is 7.39. The van der Waals surface area contributed by atoms with Crippen LogP contribution in [0.2, 0.25) is 0 Å². The van der Waals surface area contributed by atoms with Crippen molar-refractivity contribution in [2.45, 2.75) is 24.9 Å². The minimum absolute atomic E-state index is 0.201. The first kappa shape index (κ1) is 16.4. The zero-order chi connectivity index (χ0) is 15.3. The Bertz CT molecular complexity index is 515. The van der Waals surface area contributed by atoms with E-state index in [9.17, 15) is 24.2 Å².